The zero-order valence-corrected chi connectivity index (χ0v) is 10.5. The summed E-state index contributed by atoms with van der Waals surface area (Å²) in [5, 5.41) is 13.5. The molecule has 19 heavy (non-hydrogen) atoms. The molecule has 0 spiro atoms. The molecule has 1 aliphatic heterocycles. The number of nitrogens with zero attached hydrogens (tertiary/aromatic N) is 2. The van der Waals surface area contributed by atoms with Gasteiger partial charge < -0.3 is 9.63 Å². The molecule has 1 saturated heterocycles. The summed E-state index contributed by atoms with van der Waals surface area (Å²) in [5.41, 5.74) is 0.342. The fourth-order valence-electron chi connectivity index (χ4n) is 1.92. The van der Waals surface area contributed by atoms with Gasteiger partial charge >= 0.3 is 0 Å². The molecule has 0 bridgehead atoms. The number of benzene rings is 1. The standard InChI is InChI=1S/C12H10F2N2O2S/c13-8-2-1-6(3-9(8)14)11-15-12(18-16-11)7-4-19-5-10(7)17/h1-3,7,10,17H,4-5H2. The molecule has 2 atom stereocenters. The summed E-state index contributed by atoms with van der Waals surface area (Å²) in [6.07, 6.45) is -0.511. The largest absolute Gasteiger partial charge is 0.391 e. The molecule has 1 N–H and O–H groups in total. The van der Waals surface area contributed by atoms with Gasteiger partial charge in [0.25, 0.3) is 0 Å². The predicted molar refractivity (Wildman–Crippen MR) is 65.7 cm³/mol. The Labute approximate surface area is 111 Å². The summed E-state index contributed by atoms with van der Waals surface area (Å²) in [5.74, 6) is -0.212. The summed E-state index contributed by atoms with van der Waals surface area (Å²) < 4.78 is 31.1. The van der Waals surface area contributed by atoms with E-state index in [9.17, 15) is 13.9 Å². The Bertz CT molecular complexity index is 605. The smallest absolute Gasteiger partial charge is 0.233 e. The first-order valence-corrected chi connectivity index (χ1v) is 6.85. The maximum absolute atomic E-state index is 13.1. The van der Waals surface area contributed by atoms with Crippen LogP contribution in [0.25, 0.3) is 11.4 Å². The highest BCUT2D eigenvalue weighted by Gasteiger charge is 2.32. The molecule has 2 unspecified atom stereocenters. The van der Waals surface area contributed by atoms with Gasteiger partial charge in [0.05, 0.1) is 12.0 Å². The van der Waals surface area contributed by atoms with Gasteiger partial charge in [-0.3, -0.25) is 0 Å². The Morgan fingerprint density at radius 2 is 2.11 bits per heavy atom. The van der Waals surface area contributed by atoms with Crippen molar-refractivity contribution >= 4 is 11.8 Å². The zero-order valence-electron chi connectivity index (χ0n) is 9.72. The van der Waals surface area contributed by atoms with Crippen LogP contribution in [0, 0.1) is 11.6 Å². The molecule has 2 aromatic rings. The summed E-state index contributed by atoms with van der Waals surface area (Å²) in [7, 11) is 0. The molecule has 1 aliphatic rings. The molecule has 0 saturated carbocycles. The molecular weight excluding hydrogens is 274 g/mol. The van der Waals surface area contributed by atoms with Crippen LogP contribution >= 0.6 is 11.8 Å². The number of aliphatic hydroxyl groups excluding tert-OH is 1. The molecule has 1 aromatic heterocycles. The summed E-state index contributed by atoms with van der Waals surface area (Å²) in [6, 6.07) is 3.41. The average molecular weight is 284 g/mol. The first kappa shape index (κ1) is 12.6. The molecule has 0 amide bonds. The van der Waals surface area contributed by atoms with Gasteiger partial charge in [0.2, 0.25) is 11.7 Å². The second-order valence-electron chi connectivity index (χ2n) is 4.30. The van der Waals surface area contributed by atoms with Crippen molar-refractivity contribution in [3.63, 3.8) is 0 Å². The van der Waals surface area contributed by atoms with Crippen LogP contribution in [-0.4, -0.2) is 32.9 Å². The number of rotatable bonds is 2. The third kappa shape index (κ3) is 2.35. The second-order valence-corrected chi connectivity index (χ2v) is 5.37. The SMILES string of the molecule is OC1CSCC1c1nc(-c2ccc(F)c(F)c2)no1. The summed E-state index contributed by atoms with van der Waals surface area (Å²) in [6.45, 7) is 0. The van der Waals surface area contributed by atoms with Crippen LogP contribution in [0.5, 0.6) is 0 Å². The van der Waals surface area contributed by atoms with Crippen LogP contribution < -0.4 is 0 Å². The van der Waals surface area contributed by atoms with E-state index in [2.05, 4.69) is 10.1 Å². The highest BCUT2D eigenvalue weighted by molar-refractivity contribution is 7.99. The molecule has 4 nitrogen and oxygen atoms in total. The van der Waals surface area contributed by atoms with E-state index in [4.69, 9.17) is 4.52 Å². The lowest BCUT2D eigenvalue weighted by molar-refractivity contribution is 0.164. The number of hydrogen-bond acceptors (Lipinski definition) is 5. The van der Waals surface area contributed by atoms with Crippen molar-refractivity contribution in [2.75, 3.05) is 11.5 Å². The van der Waals surface area contributed by atoms with Crippen LogP contribution in [0.3, 0.4) is 0 Å². The second kappa shape index (κ2) is 4.90. The maximum Gasteiger partial charge on any atom is 0.233 e. The van der Waals surface area contributed by atoms with Gasteiger partial charge in [-0.05, 0) is 18.2 Å². The van der Waals surface area contributed by atoms with Gasteiger partial charge in [0, 0.05) is 17.1 Å². The highest BCUT2D eigenvalue weighted by Crippen LogP contribution is 2.32. The molecule has 1 aromatic carbocycles. The van der Waals surface area contributed by atoms with E-state index >= 15 is 0 Å². The predicted octanol–water partition coefficient (Wildman–Crippen LogP) is 2.21. The van der Waals surface area contributed by atoms with Gasteiger partial charge in [-0.15, -0.1) is 0 Å². The normalized spacial score (nSPS) is 22.9. The molecular formula is C12H10F2N2O2S. The average Bonchev–Trinajstić information content (AvgIpc) is 3.01. The number of halogens is 2. The lowest BCUT2D eigenvalue weighted by Crippen LogP contribution is -2.15. The number of aliphatic hydroxyl groups is 1. The van der Waals surface area contributed by atoms with Crippen LogP contribution in [0.2, 0.25) is 0 Å². The minimum atomic E-state index is -0.958. The fraction of sp³-hybridized carbons (Fsp3) is 0.333. The van der Waals surface area contributed by atoms with Gasteiger partial charge in [0.15, 0.2) is 11.6 Å². The summed E-state index contributed by atoms with van der Waals surface area (Å²) >= 11 is 1.61. The van der Waals surface area contributed by atoms with Crippen molar-refractivity contribution in [1.82, 2.24) is 10.1 Å². The van der Waals surface area contributed by atoms with E-state index in [1.807, 2.05) is 0 Å². The van der Waals surface area contributed by atoms with Gasteiger partial charge in [0.1, 0.15) is 0 Å². The van der Waals surface area contributed by atoms with E-state index in [0.717, 1.165) is 12.1 Å². The van der Waals surface area contributed by atoms with Gasteiger partial charge in [-0.2, -0.15) is 16.7 Å². The van der Waals surface area contributed by atoms with Crippen LogP contribution in [0.4, 0.5) is 8.78 Å². The minimum Gasteiger partial charge on any atom is -0.391 e. The molecule has 3 rings (SSSR count). The maximum atomic E-state index is 13.1. The first-order valence-electron chi connectivity index (χ1n) is 5.70. The van der Waals surface area contributed by atoms with Crippen LogP contribution in [-0.2, 0) is 0 Å². The van der Waals surface area contributed by atoms with Gasteiger partial charge in [-0.25, -0.2) is 8.78 Å². The van der Waals surface area contributed by atoms with Crippen molar-refractivity contribution in [1.29, 1.82) is 0 Å². The molecule has 100 valence electrons. The minimum absolute atomic E-state index is 0.193. The van der Waals surface area contributed by atoms with Crippen LogP contribution in [0.15, 0.2) is 22.7 Å². The third-order valence-electron chi connectivity index (χ3n) is 2.99. The van der Waals surface area contributed by atoms with E-state index in [1.165, 1.54) is 6.07 Å². The number of aromatic nitrogens is 2. The monoisotopic (exact) mass is 284 g/mol. The lowest BCUT2D eigenvalue weighted by atomic mass is 10.1. The van der Waals surface area contributed by atoms with E-state index in [1.54, 1.807) is 11.8 Å². The van der Waals surface area contributed by atoms with E-state index < -0.39 is 17.7 Å². The molecule has 0 radical (unpaired) electrons. The Hall–Kier alpha value is -1.47. The number of hydrogen-bond donors (Lipinski definition) is 1. The topological polar surface area (TPSA) is 59.2 Å². The highest BCUT2D eigenvalue weighted by atomic mass is 32.2. The van der Waals surface area contributed by atoms with Crippen LogP contribution in [0.1, 0.15) is 11.8 Å². The van der Waals surface area contributed by atoms with Crippen molar-refractivity contribution in [2.24, 2.45) is 0 Å². The Morgan fingerprint density at radius 3 is 2.79 bits per heavy atom. The first-order chi connectivity index (χ1) is 9.15. The quantitative estimate of drug-likeness (QED) is 0.916. The van der Waals surface area contributed by atoms with Crippen molar-refractivity contribution in [3.05, 3.63) is 35.7 Å². The van der Waals surface area contributed by atoms with E-state index in [0.29, 0.717) is 23.0 Å². The lowest BCUT2D eigenvalue weighted by Gasteiger charge is -2.06. The third-order valence-corrected chi connectivity index (χ3v) is 4.16. The van der Waals surface area contributed by atoms with E-state index in [-0.39, 0.29) is 11.7 Å². The Morgan fingerprint density at radius 1 is 1.26 bits per heavy atom. The fourth-order valence-corrected chi connectivity index (χ4v) is 3.15. The Kier molecular flexibility index (Phi) is 3.24. The number of thioether (sulfide) groups is 1. The molecule has 1 fully saturated rings. The van der Waals surface area contributed by atoms with Crippen molar-refractivity contribution in [2.45, 2.75) is 12.0 Å². The van der Waals surface area contributed by atoms with Crippen molar-refractivity contribution < 1.29 is 18.4 Å². The zero-order chi connectivity index (χ0) is 13.4. The molecule has 0 aliphatic carbocycles. The summed E-state index contributed by atoms with van der Waals surface area (Å²) in [4.78, 5) is 4.14. The van der Waals surface area contributed by atoms with Gasteiger partial charge in [-0.1, -0.05) is 5.16 Å². The molecule has 7 heteroatoms. The van der Waals surface area contributed by atoms with Crippen molar-refractivity contribution in [3.8, 4) is 11.4 Å². The molecule has 2 heterocycles. The Balaban J connectivity index is 1.90.